The Morgan fingerprint density at radius 3 is 2.50 bits per heavy atom. The molecule has 1 aliphatic rings. The molecule has 1 aromatic carbocycles. The molecular formula is C16H14N2O4. The topological polar surface area (TPSA) is 72.9 Å². The monoisotopic (exact) mass is 298 g/mol. The number of cyclic esters (lactones) is 1. The van der Waals surface area contributed by atoms with Crippen LogP contribution in [0.3, 0.4) is 0 Å². The first kappa shape index (κ1) is 13.9. The molecule has 0 saturated heterocycles. The summed E-state index contributed by atoms with van der Waals surface area (Å²) in [6, 6.07) is 8.86. The second kappa shape index (κ2) is 5.77. The van der Waals surface area contributed by atoms with Crippen LogP contribution in [-0.2, 0) is 9.53 Å². The Labute approximate surface area is 127 Å². The fourth-order valence-electron chi connectivity index (χ4n) is 2.04. The molecule has 0 unspecified atom stereocenters. The number of ether oxygens (including phenoxy) is 3. The third-order valence-electron chi connectivity index (χ3n) is 3.13. The van der Waals surface area contributed by atoms with E-state index in [1.54, 1.807) is 44.7 Å². The molecular weight excluding hydrogens is 284 g/mol. The van der Waals surface area contributed by atoms with E-state index < -0.39 is 5.97 Å². The standard InChI is InChI=1S/C16H14N2O4/c1-20-12-6-10(7-13(9-12)21-2)15-18-14(16(19)22-15)8-11-4-3-5-17-11/h3-9,17H,1-2H3. The van der Waals surface area contributed by atoms with Crippen molar-refractivity contribution >= 4 is 17.9 Å². The van der Waals surface area contributed by atoms with Crippen molar-refractivity contribution in [2.24, 2.45) is 4.99 Å². The quantitative estimate of drug-likeness (QED) is 0.695. The van der Waals surface area contributed by atoms with Gasteiger partial charge in [-0.1, -0.05) is 0 Å². The summed E-state index contributed by atoms with van der Waals surface area (Å²) >= 11 is 0. The molecule has 0 amide bonds. The van der Waals surface area contributed by atoms with Crippen LogP contribution < -0.4 is 9.47 Å². The summed E-state index contributed by atoms with van der Waals surface area (Å²) in [6.45, 7) is 0. The summed E-state index contributed by atoms with van der Waals surface area (Å²) in [7, 11) is 3.11. The molecule has 1 aliphatic heterocycles. The zero-order valence-electron chi connectivity index (χ0n) is 12.1. The highest BCUT2D eigenvalue weighted by atomic mass is 16.6. The molecule has 0 bridgehead atoms. The van der Waals surface area contributed by atoms with Crippen LogP contribution in [0, 0.1) is 0 Å². The average molecular weight is 298 g/mol. The van der Waals surface area contributed by atoms with Gasteiger partial charge in [-0.2, -0.15) is 0 Å². The molecule has 112 valence electrons. The summed E-state index contributed by atoms with van der Waals surface area (Å²) in [5, 5.41) is 0. The molecule has 0 radical (unpaired) electrons. The Morgan fingerprint density at radius 1 is 1.18 bits per heavy atom. The molecule has 2 aromatic rings. The van der Waals surface area contributed by atoms with Crippen molar-refractivity contribution in [3.63, 3.8) is 0 Å². The van der Waals surface area contributed by atoms with Crippen molar-refractivity contribution in [2.45, 2.75) is 0 Å². The van der Waals surface area contributed by atoms with Crippen LogP contribution in [0.15, 0.2) is 47.2 Å². The van der Waals surface area contributed by atoms with Gasteiger partial charge in [0.1, 0.15) is 11.5 Å². The van der Waals surface area contributed by atoms with Crippen LogP contribution in [0.1, 0.15) is 11.3 Å². The van der Waals surface area contributed by atoms with Crippen LogP contribution in [0.5, 0.6) is 11.5 Å². The Balaban J connectivity index is 1.97. The first-order valence-electron chi connectivity index (χ1n) is 6.59. The lowest BCUT2D eigenvalue weighted by Crippen LogP contribution is -2.06. The summed E-state index contributed by atoms with van der Waals surface area (Å²) < 4.78 is 15.6. The number of benzene rings is 1. The van der Waals surface area contributed by atoms with Crippen LogP contribution in [-0.4, -0.2) is 31.1 Å². The molecule has 6 nitrogen and oxygen atoms in total. The number of aromatic amines is 1. The first-order chi connectivity index (χ1) is 10.7. The number of aromatic nitrogens is 1. The number of rotatable bonds is 4. The zero-order chi connectivity index (χ0) is 15.5. The van der Waals surface area contributed by atoms with Gasteiger partial charge in [-0.3, -0.25) is 0 Å². The van der Waals surface area contributed by atoms with E-state index in [0.29, 0.717) is 17.1 Å². The average Bonchev–Trinajstić information content (AvgIpc) is 3.17. The maximum atomic E-state index is 11.9. The van der Waals surface area contributed by atoms with Gasteiger partial charge < -0.3 is 19.2 Å². The SMILES string of the molecule is COc1cc(OC)cc(C2=NC(=Cc3ccc[nH]3)C(=O)O2)c1. The molecule has 1 aromatic heterocycles. The van der Waals surface area contributed by atoms with Crippen LogP contribution in [0.25, 0.3) is 6.08 Å². The fourth-order valence-corrected chi connectivity index (χ4v) is 2.04. The Bertz CT molecular complexity index is 738. The molecule has 6 heteroatoms. The molecule has 22 heavy (non-hydrogen) atoms. The third kappa shape index (κ3) is 2.71. The Morgan fingerprint density at radius 2 is 1.91 bits per heavy atom. The first-order valence-corrected chi connectivity index (χ1v) is 6.59. The summed E-state index contributed by atoms with van der Waals surface area (Å²) in [4.78, 5) is 19.1. The van der Waals surface area contributed by atoms with Gasteiger partial charge in [-0.15, -0.1) is 0 Å². The molecule has 2 heterocycles. The second-order valence-corrected chi connectivity index (χ2v) is 4.56. The van der Waals surface area contributed by atoms with Crippen LogP contribution >= 0.6 is 0 Å². The number of methoxy groups -OCH3 is 2. The summed E-state index contributed by atoms with van der Waals surface area (Å²) in [5.41, 5.74) is 1.62. The van der Waals surface area contributed by atoms with E-state index in [0.717, 1.165) is 5.69 Å². The number of esters is 1. The predicted octanol–water partition coefficient (Wildman–Crippen LogP) is 2.38. The van der Waals surface area contributed by atoms with Crippen molar-refractivity contribution in [3.8, 4) is 11.5 Å². The molecule has 0 atom stereocenters. The summed E-state index contributed by atoms with van der Waals surface area (Å²) in [6.07, 6.45) is 3.40. The highest BCUT2D eigenvalue weighted by Crippen LogP contribution is 2.26. The maximum absolute atomic E-state index is 11.9. The van der Waals surface area contributed by atoms with Crippen molar-refractivity contribution in [3.05, 3.63) is 53.5 Å². The van der Waals surface area contributed by atoms with E-state index in [1.807, 2.05) is 12.1 Å². The number of hydrogen-bond donors (Lipinski definition) is 1. The second-order valence-electron chi connectivity index (χ2n) is 4.56. The van der Waals surface area contributed by atoms with Gasteiger partial charge >= 0.3 is 5.97 Å². The van der Waals surface area contributed by atoms with E-state index in [2.05, 4.69) is 9.98 Å². The van der Waals surface area contributed by atoms with E-state index in [9.17, 15) is 4.79 Å². The third-order valence-corrected chi connectivity index (χ3v) is 3.13. The van der Waals surface area contributed by atoms with E-state index in [1.165, 1.54) is 0 Å². The van der Waals surface area contributed by atoms with Gasteiger partial charge in [0.15, 0.2) is 5.70 Å². The molecule has 0 saturated carbocycles. The number of carbonyl (C=O) groups excluding carboxylic acids is 1. The predicted molar refractivity (Wildman–Crippen MR) is 80.9 cm³/mol. The fraction of sp³-hybridized carbons (Fsp3) is 0.125. The lowest BCUT2D eigenvalue weighted by molar-refractivity contribution is -0.129. The van der Waals surface area contributed by atoms with Crippen LogP contribution in [0.2, 0.25) is 0 Å². The number of aliphatic imine (C=N–C) groups is 1. The van der Waals surface area contributed by atoms with Gasteiger partial charge in [-0.25, -0.2) is 9.79 Å². The van der Waals surface area contributed by atoms with Crippen molar-refractivity contribution < 1.29 is 19.0 Å². The zero-order valence-corrected chi connectivity index (χ0v) is 12.1. The molecule has 0 fully saturated rings. The largest absolute Gasteiger partial charge is 0.497 e. The Kier molecular flexibility index (Phi) is 3.65. The minimum atomic E-state index is -0.494. The van der Waals surface area contributed by atoms with Gasteiger partial charge in [0, 0.05) is 23.5 Å². The molecule has 1 N–H and O–H groups in total. The lowest BCUT2D eigenvalue weighted by atomic mass is 10.2. The highest BCUT2D eigenvalue weighted by Gasteiger charge is 2.25. The number of H-pyrrole nitrogens is 1. The smallest absolute Gasteiger partial charge is 0.363 e. The molecule has 0 spiro atoms. The normalized spacial score (nSPS) is 15.6. The highest BCUT2D eigenvalue weighted by molar-refractivity contribution is 6.13. The van der Waals surface area contributed by atoms with E-state index in [-0.39, 0.29) is 11.6 Å². The van der Waals surface area contributed by atoms with E-state index >= 15 is 0 Å². The lowest BCUT2D eigenvalue weighted by Gasteiger charge is -2.07. The minimum absolute atomic E-state index is 0.222. The van der Waals surface area contributed by atoms with Crippen molar-refractivity contribution in [2.75, 3.05) is 14.2 Å². The Hall–Kier alpha value is -3.02. The maximum Gasteiger partial charge on any atom is 0.363 e. The number of nitrogens with zero attached hydrogens (tertiary/aromatic N) is 1. The van der Waals surface area contributed by atoms with Gasteiger partial charge in [0.25, 0.3) is 0 Å². The molecule has 3 rings (SSSR count). The number of nitrogens with one attached hydrogen (secondary N) is 1. The van der Waals surface area contributed by atoms with Gasteiger partial charge in [0.2, 0.25) is 5.90 Å². The van der Waals surface area contributed by atoms with Crippen molar-refractivity contribution in [1.82, 2.24) is 4.98 Å². The summed E-state index contributed by atoms with van der Waals surface area (Å²) in [5.74, 6) is 0.913. The minimum Gasteiger partial charge on any atom is -0.497 e. The number of hydrogen-bond acceptors (Lipinski definition) is 5. The van der Waals surface area contributed by atoms with E-state index in [4.69, 9.17) is 14.2 Å². The van der Waals surface area contributed by atoms with Gasteiger partial charge in [-0.05, 0) is 30.3 Å². The number of carbonyl (C=O) groups is 1. The van der Waals surface area contributed by atoms with Crippen molar-refractivity contribution in [1.29, 1.82) is 0 Å². The van der Waals surface area contributed by atoms with Gasteiger partial charge in [0.05, 0.1) is 14.2 Å². The molecule has 0 aliphatic carbocycles. The van der Waals surface area contributed by atoms with Crippen LogP contribution in [0.4, 0.5) is 0 Å².